The molecule has 0 aliphatic carbocycles. The first kappa shape index (κ1) is 13.8. The van der Waals surface area contributed by atoms with Crippen LogP contribution in [0.1, 0.15) is 25.7 Å². The minimum atomic E-state index is -0.0138. The molecule has 0 aromatic heterocycles. The minimum absolute atomic E-state index is 0.0138. The number of rotatable bonds is 5. The Bertz CT molecular complexity index is 281. The van der Waals surface area contributed by atoms with Crippen LogP contribution in [0.5, 0.6) is 0 Å². The lowest BCUT2D eigenvalue weighted by Gasteiger charge is -2.32. The fourth-order valence-corrected chi connectivity index (χ4v) is 2.05. The van der Waals surface area contributed by atoms with E-state index in [0.29, 0.717) is 19.6 Å². The number of nitrogens with zero attached hydrogens (tertiary/aromatic N) is 2. The van der Waals surface area contributed by atoms with E-state index < -0.39 is 0 Å². The van der Waals surface area contributed by atoms with Crippen LogP contribution < -0.4 is 5.73 Å². The summed E-state index contributed by atoms with van der Waals surface area (Å²) in [5.41, 5.74) is 5.57. The third-order valence-corrected chi connectivity index (χ3v) is 3.05. The molecule has 0 bridgehead atoms. The van der Waals surface area contributed by atoms with Crippen LogP contribution in [0.25, 0.3) is 0 Å². The van der Waals surface area contributed by atoms with Crippen molar-refractivity contribution in [3.63, 3.8) is 0 Å². The Balaban J connectivity index is 2.40. The Hall–Kier alpha value is -1.30. The molecule has 1 fully saturated rings. The van der Waals surface area contributed by atoms with Gasteiger partial charge in [-0.1, -0.05) is 5.16 Å². The van der Waals surface area contributed by atoms with Gasteiger partial charge in [0.2, 0.25) is 5.91 Å². The van der Waals surface area contributed by atoms with E-state index in [1.807, 2.05) is 0 Å². The molecule has 1 atom stereocenters. The van der Waals surface area contributed by atoms with E-state index in [4.69, 9.17) is 15.7 Å². The number of amides is 1. The summed E-state index contributed by atoms with van der Waals surface area (Å²) in [7, 11) is 1.62. The second-order valence-electron chi connectivity index (χ2n) is 4.30. The highest BCUT2D eigenvalue weighted by atomic mass is 16.5. The highest BCUT2D eigenvalue weighted by Crippen LogP contribution is 2.17. The fraction of sp³-hybridized carbons (Fsp3) is 0.818. The summed E-state index contributed by atoms with van der Waals surface area (Å²) in [6.45, 7) is 1.92. The number of hydrogen-bond donors (Lipinski definition) is 2. The number of nitrogens with two attached hydrogens (primary N) is 1. The molecule has 0 spiro atoms. The molecule has 1 unspecified atom stereocenters. The summed E-state index contributed by atoms with van der Waals surface area (Å²) in [6.07, 6.45) is 3.01. The van der Waals surface area contributed by atoms with E-state index in [0.717, 1.165) is 25.8 Å². The average molecular weight is 243 g/mol. The smallest absolute Gasteiger partial charge is 0.222 e. The predicted octanol–water partition coefficient (Wildman–Crippen LogP) is 0.398. The molecule has 17 heavy (non-hydrogen) atoms. The van der Waals surface area contributed by atoms with Crippen molar-refractivity contribution < 1.29 is 14.7 Å². The standard InChI is InChI=1S/C11H21N3O3/c1-17-7-3-5-10(15)14-6-2-4-9(8-14)11(12)13-16/h9,16H,2-8H2,1H3,(H2,12,13). The van der Waals surface area contributed by atoms with Gasteiger partial charge in [-0.15, -0.1) is 0 Å². The molecule has 98 valence electrons. The number of ether oxygens (including phenoxy) is 1. The molecule has 1 aliphatic heterocycles. The Morgan fingerprint density at radius 2 is 2.41 bits per heavy atom. The first-order valence-corrected chi connectivity index (χ1v) is 5.93. The van der Waals surface area contributed by atoms with Crippen LogP contribution in [0.3, 0.4) is 0 Å². The summed E-state index contributed by atoms with van der Waals surface area (Å²) in [5, 5.41) is 11.6. The van der Waals surface area contributed by atoms with Crippen LogP contribution in [0.4, 0.5) is 0 Å². The van der Waals surface area contributed by atoms with Crippen LogP contribution in [-0.2, 0) is 9.53 Å². The number of oxime groups is 1. The van der Waals surface area contributed by atoms with Gasteiger partial charge in [-0.3, -0.25) is 4.79 Å². The quantitative estimate of drug-likeness (QED) is 0.240. The van der Waals surface area contributed by atoms with Crippen molar-refractivity contribution in [2.24, 2.45) is 16.8 Å². The van der Waals surface area contributed by atoms with Gasteiger partial charge in [0.1, 0.15) is 5.84 Å². The number of carbonyl (C=O) groups excluding carboxylic acids is 1. The highest BCUT2D eigenvalue weighted by molar-refractivity contribution is 5.83. The maximum atomic E-state index is 11.9. The van der Waals surface area contributed by atoms with Crippen LogP contribution in [0, 0.1) is 5.92 Å². The zero-order valence-corrected chi connectivity index (χ0v) is 10.3. The molecule has 1 amide bonds. The van der Waals surface area contributed by atoms with Gasteiger partial charge in [-0.2, -0.15) is 0 Å². The number of amidine groups is 1. The molecule has 1 aliphatic rings. The van der Waals surface area contributed by atoms with Gasteiger partial charge in [0.05, 0.1) is 0 Å². The van der Waals surface area contributed by atoms with Crippen molar-refractivity contribution >= 4 is 11.7 Å². The molecule has 6 heteroatoms. The monoisotopic (exact) mass is 243 g/mol. The highest BCUT2D eigenvalue weighted by Gasteiger charge is 2.25. The van der Waals surface area contributed by atoms with E-state index in [2.05, 4.69) is 5.16 Å². The van der Waals surface area contributed by atoms with Crippen LogP contribution in [0.2, 0.25) is 0 Å². The SMILES string of the molecule is COCCCC(=O)N1CCCC(C(N)=NO)C1. The maximum Gasteiger partial charge on any atom is 0.222 e. The fourth-order valence-electron chi connectivity index (χ4n) is 2.05. The van der Waals surface area contributed by atoms with E-state index in [1.54, 1.807) is 12.0 Å². The first-order valence-electron chi connectivity index (χ1n) is 5.93. The molecule has 1 heterocycles. The van der Waals surface area contributed by atoms with E-state index >= 15 is 0 Å². The van der Waals surface area contributed by atoms with Crippen molar-refractivity contribution in [1.29, 1.82) is 0 Å². The van der Waals surface area contributed by atoms with Crippen LogP contribution in [-0.4, -0.2) is 48.7 Å². The lowest BCUT2D eigenvalue weighted by Crippen LogP contribution is -2.44. The molecule has 6 nitrogen and oxygen atoms in total. The summed E-state index contributed by atoms with van der Waals surface area (Å²) in [4.78, 5) is 13.7. The van der Waals surface area contributed by atoms with Crippen molar-refractivity contribution in [3.05, 3.63) is 0 Å². The lowest BCUT2D eigenvalue weighted by molar-refractivity contribution is -0.132. The van der Waals surface area contributed by atoms with Gasteiger partial charge < -0.3 is 20.6 Å². The third kappa shape index (κ3) is 4.22. The van der Waals surface area contributed by atoms with Gasteiger partial charge in [-0.25, -0.2) is 0 Å². The summed E-state index contributed by atoms with van der Waals surface area (Å²) < 4.78 is 4.91. The molecule has 1 saturated heterocycles. The number of methoxy groups -OCH3 is 1. The Labute approximate surface area is 101 Å². The number of likely N-dealkylation sites (tertiary alicyclic amines) is 1. The molecule has 0 radical (unpaired) electrons. The number of carbonyl (C=O) groups is 1. The Morgan fingerprint density at radius 1 is 1.65 bits per heavy atom. The summed E-state index contributed by atoms with van der Waals surface area (Å²) >= 11 is 0. The third-order valence-electron chi connectivity index (χ3n) is 3.05. The van der Waals surface area contributed by atoms with Crippen molar-refractivity contribution in [2.45, 2.75) is 25.7 Å². The largest absolute Gasteiger partial charge is 0.409 e. The van der Waals surface area contributed by atoms with E-state index in [-0.39, 0.29) is 17.7 Å². The molecule has 0 saturated carbocycles. The Morgan fingerprint density at radius 3 is 3.06 bits per heavy atom. The lowest BCUT2D eigenvalue weighted by atomic mass is 9.97. The zero-order chi connectivity index (χ0) is 12.7. The zero-order valence-electron chi connectivity index (χ0n) is 10.3. The second kappa shape index (κ2) is 7.11. The minimum Gasteiger partial charge on any atom is -0.409 e. The van der Waals surface area contributed by atoms with Gasteiger partial charge in [0.25, 0.3) is 0 Å². The molecule has 1 rings (SSSR count). The second-order valence-corrected chi connectivity index (χ2v) is 4.30. The maximum absolute atomic E-state index is 11.9. The topological polar surface area (TPSA) is 88.2 Å². The summed E-state index contributed by atoms with van der Waals surface area (Å²) in [6, 6.07) is 0. The molecular weight excluding hydrogens is 222 g/mol. The van der Waals surface area contributed by atoms with Crippen LogP contribution >= 0.6 is 0 Å². The molecule has 0 aromatic rings. The van der Waals surface area contributed by atoms with Gasteiger partial charge in [-0.05, 0) is 19.3 Å². The van der Waals surface area contributed by atoms with E-state index in [1.165, 1.54) is 0 Å². The Kier molecular flexibility index (Phi) is 5.76. The normalized spacial score (nSPS) is 21.6. The van der Waals surface area contributed by atoms with Gasteiger partial charge >= 0.3 is 0 Å². The molecular formula is C11H21N3O3. The average Bonchev–Trinajstić information content (AvgIpc) is 2.38. The first-order chi connectivity index (χ1) is 8.19. The molecule has 0 aromatic carbocycles. The van der Waals surface area contributed by atoms with Crippen molar-refractivity contribution in [3.8, 4) is 0 Å². The van der Waals surface area contributed by atoms with Crippen molar-refractivity contribution in [1.82, 2.24) is 4.90 Å². The van der Waals surface area contributed by atoms with Crippen molar-refractivity contribution in [2.75, 3.05) is 26.8 Å². The molecule has 3 N–H and O–H groups in total. The van der Waals surface area contributed by atoms with Gasteiger partial charge in [0, 0.05) is 39.1 Å². The van der Waals surface area contributed by atoms with Gasteiger partial charge in [0.15, 0.2) is 0 Å². The predicted molar refractivity (Wildman–Crippen MR) is 63.8 cm³/mol. The number of hydrogen-bond acceptors (Lipinski definition) is 4. The van der Waals surface area contributed by atoms with Crippen LogP contribution in [0.15, 0.2) is 5.16 Å². The number of piperidine rings is 1. The summed E-state index contributed by atoms with van der Waals surface area (Å²) in [5.74, 6) is 0.331. The van der Waals surface area contributed by atoms with E-state index in [9.17, 15) is 4.79 Å².